The molecule has 0 bridgehead atoms. The Morgan fingerprint density at radius 1 is 0.786 bits per heavy atom. The molecule has 1 aromatic carbocycles. The van der Waals surface area contributed by atoms with Gasteiger partial charge >= 0.3 is 0 Å². The number of halogens is 5. The van der Waals surface area contributed by atoms with Crippen LogP contribution in [0.3, 0.4) is 0 Å². The van der Waals surface area contributed by atoms with Crippen LogP contribution in [-0.2, 0) is 0 Å². The third-order valence-electron chi connectivity index (χ3n) is 1.66. The highest BCUT2D eigenvalue weighted by Gasteiger charge is 2.21. The highest BCUT2D eigenvalue weighted by Crippen LogP contribution is 2.45. The zero-order valence-electron chi connectivity index (χ0n) is 6.91. The lowest BCUT2D eigenvalue weighted by molar-refractivity contribution is 0.199. The number of aliphatic hydroxyl groups is 1. The molecule has 0 saturated heterocycles. The van der Waals surface area contributed by atoms with Crippen molar-refractivity contribution in [1.82, 2.24) is 0 Å². The zero-order valence-corrected chi connectivity index (χ0v) is 10.7. The molecule has 0 spiro atoms. The first-order valence-corrected chi connectivity index (χ1v) is 5.46. The van der Waals surface area contributed by atoms with Crippen molar-refractivity contribution < 1.29 is 5.11 Å². The van der Waals surface area contributed by atoms with Crippen molar-refractivity contribution in [3.05, 3.63) is 30.7 Å². The van der Waals surface area contributed by atoms with Crippen molar-refractivity contribution in [2.24, 2.45) is 0 Å². The average molecular weight is 294 g/mol. The molecular weight excluding hydrogens is 289 g/mol. The van der Waals surface area contributed by atoms with Crippen molar-refractivity contribution in [2.75, 3.05) is 0 Å². The monoisotopic (exact) mass is 292 g/mol. The summed E-state index contributed by atoms with van der Waals surface area (Å²) in [5, 5.41) is 9.93. The van der Waals surface area contributed by atoms with Gasteiger partial charge < -0.3 is 5.11 Å². The van der Waals surface area contributed by atoms with Crippen LogP contribution in [0.1, 0.15) is 18.6 Å². The summed E-state index contributed by atoms with van der Waals surface area (Å²) in [5.41, 5.74) is 0.285. The summed E-state index contributed by atoms with van der Waals surface area (Å²) in [6.07, 6.45) is -0.859. The van der Waals surface area contributed by atoms with Crippen LogP contribution < -0.4 is 0 Å². The number of hydrogen-bond donors (Lipinski definition) is 1. The van der Waals surface area contributed by atoms with Gasteiger partial charge in [-0.05, 0) is 6.92 Å². The molecule has 1 rings (SSSR count). The van der Waals surface area contributed by atoms with Gasteiger partial charge in [-0.25, -0.2) is 0 Å². The van der Waals surface area contributed by atoms with Gasteiger partial charge in [0.05, 0.1) is 31.2 Å². The molecule has 1 N–H and O–H groups in total. The molecule has 0 fully saturated rings. The highest BCUT2D eigenvalue weighted by molar-refractivity contribution is 6.55. The first-order chi connectivity index (χ1) is 6.37. The minimum atomic E-state index is -0.859. The summed E-state index contributed by atoms with van der Waals surface area (Å²) >= 11 is 29.0. The van der Waals surface area contributed by atoms with Gasteiger partial charge in [-0.15, -0.1) is 0 Å². The normalized spacial score (nSPS) is 13.1. The molecule has 0 aliphatic heterocycles. The van der Waals surface area contributed by atoms with Crippen molar-refractivity contribution in [2.45, 2.75) is 13.0 Å². The predicted octanol–water partition coefficient (Wildman–Crippen LogP) is 5.01. The van der Waals surface area contributed by atoms with Gasteiger partial charge in [0.2, 0.25) is 0 Å². The third kappa shape index (κ3) is 2.08. The third-order valence-corrected chi connectivity index (χ3v) is 3.97. The predicted molar refractivity (Wildman–Crippen MR) is 62.1 cm³/mol. The molecule has 6 heteroatoms. The maximum atomic E-state index is 9.40. The fraction of sp³-hybridized carbons (Fsp3) is 0.250. The van der Waals surface area contributed by atoms with Gasteiger partial charge in [0.1, 0.15) is 0 Å². The Morgan fingerprint density at radius 2 is 1.07 bits per heavy atom. The second kappa shape index (κ2) is 4.65. The number of hydrogen-bond acceptors (Lipinski definition) is 1. The minimum absolute atomic E-state index is 0.0905. The summed E-state index contributed by atoms with van der Waals surface area (Å²) in [4.78, 5) is 0. The lowest BCUT2D eigenvalue weighted by Gasteiger charge is -2.14. The van der Waals surface area contributed by atoms with Crippen LogP contribution >= 0.6 is 58.0 Å². The molecule has 0 aromatic heterocycles. The van der Waals surface area contributed by atoms with Crippen molar-refractivity contribution in [3.8, 4) is 0 Å². The van der Waals surface area contributed by atoms with Crippen molar-refractivity contribution in [3.63, 3.8) is 0 Å². The van der Waals surface area contributed by atoms with E-state index in [1.165, 1.54) is 6.92 Å². The molecule has 0 aliphatic rings. The molecule has 0 aliphatic carbocycles. The van der Waals surface area contributed by atoms with Crippen LogP contribution in [0.25, 0.3) is 0 Å². The summed E-state index contributed by atoms with van der Waals surface area (Å²) in [6, 6.07) is 0. The van der Waals surface area contributed by atoms with Gasteiger partial charge in [-0.3, -0.25) is 0 Å². The maximum absolute atomic E-state index is 9.40. The van der Waals surface area contributed by atoms with Crippen LogP contribution in [-0.4, -0.2) is 5.11 Å². The van der Waals surface area contributed by atoms with Gasteiger partial charge in [0.15, 0.2) is 0 Å². The van der Waals surface area contributed by atoms with E-state index in [0.29, 0.717) is 0 Å². The molecule has 0 heterocycles. The first kappa shape index (κ1) is 12.7. The van der Waals surface area contributed by atoms with Crippen LogP contribution in [0.4, 0.5) is 0 Å². The molecule has 1 atom stereocenters. The maximum Gasteiger partial charge on any atom is 0.0809 e. The fourth-order valence-electron chi connectivity index (χ4n) is 0.989. The molecule has 78 valence electrons. The van der Waals surface area contributed by atoms with E-state index in [2.05, 4.69) is 0 Å². The van der Waals surface area contributed by atoms with Gasteiger partial charge in [0, 0.05) is 5.56 Å². The van der Waals surface area contributed by atoms with Crippen LogP contribution in [0.2, 0.25) is 25.1 Å². The Kier molecular flexibility index (Phi) is 4.22. The lowest BCUT2D eigenvalue weighted by atomic mass is 10.1. The van der Waals surface area contributed by atoms with E-state index in [1.54, 1.807) is 0 Å². The largest absolute Gasteiger partial charge is 0.389 e. The molecule has 0 radical (unpaired) electrons. The summed E-state index contributed by atoms with van der Waals surface area (Å²) < 4.78 is 0. The molecule has 14 heavy (non-hydrogen) atoms. The van der Waals surface area contributed by atoms with Crippen molar-refractivity contribution in [1.29, 1.82) is 0 Å². The van der Waals surface area contributed by atoms with Gasteiger partial charge in [-0.2, -0.15) is 0 Å². The smallest absolute Gasteiger partial charge is 0.0809 e. The second-order valence-corrected chi connectivity index (χ2v) is 4.55. The highest BCUT2D eigenvalue weighted by atomic mass is 35.5. The van der Waals surface area contributed by atoms with E-state index in [9.17, 15) is 5.11 Å². The average Bonchev–Trinajstić information content (AvgIpc) is 2.11. The zero-order chi connectivity index (χ0) is 11.0. The topological polar surface area (TPSA) is 20.2 Å². The number of aliphatic hydroxyl groups excluding tert-OH is 1. The van der Waals surface area contributed by atoms with Gasteiger partial charge in [0.25, 0.3) is 0 Å². The van der Waals surface area contributed by atoms with Gasteiger partial charge in [-0.1, -0.05) is 58.0 Å². The van der Waals surface area contributed by atoms with E-state index >= 15 is 0 Å². The summed E-state index contributed by atoms with van der Waals surface area (Å²) in [7, 11) is 0. The minimum Gasteiger partial charge on any atom is -0.389 e. The van der Waals surface area contributed by atoms with Crippen LogP contribution in [0.15, 0.2) is 0 Å². The van der Waals surface area contributed by atoms with E-state index < -0.39 is 6.10 Å². The quantitative estimate of drug-likeness (QED) is 0.570. The van der Waals surface area contributed by atoms with E-state index in [4.69, 9.17) is 58.0 Å². The number of rotatable bonds is 1. The summed E-state index contributed by atoms with van der Waals surface area (Å²) in [6.45, 7) is 1.51. The van der Waals surface area contributed by atoms with E-state index in [1.807, 2.05) is 0 Å². The molecule has 0 amide bonds. The molecule has 1 unspecified atom stereocenters. The fourth-order valence-corrected chi connectivity index (χ4v) is 2.46. The van der Waals surface area contributed by atoms with E-state index in [-0.39, 0.29) is 30.7 Å². The Morgan fingerprint density at radius 3 is 1.36 bits per heavy atom. The number of benzene rings is 1. The first-order valence-electron chi connectivity index (χ1n) is 3.57. The Labute approximate surface area is 106 Å². The molecule has 1 nitrogen and oxygen atoms in total. The Balaban J connectivity index is 3.60. The standard InChI is InChI=1S/C8H5Cl5O/c1-2(14)3-4(9)6(11)8(13)7(12)5(3)10/h2,14H,1H3. The van der Waals surface area contributed by atoms with Crippen LogP contribution in [0, 0.1) is 0 Å². The Bertz CT molecular complexity index is 345. The van der Waals surface area contributed by atoms with Crippen LogP contribution in [0.5, 0.6) is 0 Å². The Hall–Kier alpha value is 0.630. The second-order valence-electron chi connectivity index (χ2n) is 2.66. The molecular formula is C8H5Cl5O. The van der Waals surface area contributed by atoms with Crippen molar-refractivity contribution >= 4 is 58.0 Å². The molecule has 0 saturated carbocycles. The molecule has 1 aromatic rings. The SMILES string of the molecule is CC(O)c1c(Cl)c(Cl)c(Cl)c(Cl)c1Cl. The lowest BCUT2D eigenvalue weighted by Crippen LogP contribution is -1.96. The van der Waals surface area contributed by atoms with E-state index in [0.717, 1.165) is 0 Å². The summed E-state index contributed by atoms with van der Waals surface area (Å²) in [5.74, 6) is 0.